The lowest BCUT2D eigenvalue weighted by molar-refractivity contribution is -0.116. The van der Waals surface area contributed by atoms with Gasteiger partial charge >= 0.3 is 5.97 Å². The Morgan fingerprint density at radius 3 is 2.71 bits per heavy atom. The zero-order valence-corrected chi connectivity index (χ0v) is 15.5. The van der Waals surface area contributed by atoms with Crippen LogP contribution in [0.3, 0.4) is 0 Å². The Morgan fingerprint density at radius 1 is 1.21 bits per heavy atom. The Bertz CT molecular complexity index is 1010. The number of aromatic nitrogens is 1. The number of benzene rings is 2. The van der Waals surface area contributed by atoms with Gasteiger partial charge in [-0.05, 0) is 42.8 Å². The van der Waals surface area contributed by atoms with Crippen LogP contribution in [0.25, 0.3) is 11.3 Å². The summed E-state index contributed by atoms with van der Waals surface area (Å²) in [7, 11) is 1.31. The van der Waals surface area contributed by atoms with Crippen molar-refractivity contribution in [2.24, 2.45) is 0 Å². The number of nitrogens with one attached hydrogen (secondary N) is 1. The van der Waals surface area contributed by atoms with Gasteiger partial charge < -0.3 is 14.5 Å². The van der Waals surface area contributed by atoms with E-state index < -0.39 is 11.8 Å². The number of rotatable bonds is 6. The van der Waals surface area contributed by atoms with Crippen LogP contribution in [0.2, 0.25) is 0 Å². The average molecular weight is 382 g/mol. The number of aryl methyl sites for hydroxylation is 2. The number of hydrogen-bond acceptors (Lipinski definition) is 5. The van der Waals surface area contributed by atoms with Crippen molar-refractivity contribution in [3.8, 4) is 11.3 Å². The number of anilines is 1. The molecule has 0 saturated heterocycles. The highest BCUT2D eigenvalue weighted by Crippen LogP contribution is 2.24. The molecule has 3 aromatic rings. The molecular formula is C21H19FN2O4. The van der Waals surface area contributed by atoms with Gasteiger partial charge in [-0.15, -0.1) is 0 Å². The van der Waals surface area contributed by atoms with Crippen LogP contribution < -0.4 is 5.32 Å². The van der Waals surface area contributed by atoms with E-state index in [0.717, 1.165) is 5.56 Å². The molecule has 0 bridgehead atoms. The van der Waals surface area contributed by atoms with E-state index in [2.05, 4.69) is 15.0 Å². The predicted molar refractivity (Wildman–Crippen MR) is 101 cm³/mol. The highest BCUT2D eigenvalue weighted by Gasteiger charge is 2.13. The van der Waals surface area contributed by atoms with E-state index in [9.17, 15) is 14.0 Å². The molecule has 0 aliphatic heterocycles. The monoisotopic (exact) mass is 382 g/mol. The second-order valence-electron chi connectivity index (χ2n) is 6.17. The Kier molecular flexibility index (Phi) is 5.84. The third kappa shape index (κ3) is 4.43. The first-order chi connectivity index (χ1) is 13.5. The number of hydrogen-bond donors (Lipinski definition) is 1. The normalized spacial score (nSPS) is 10.5. The lowest BCUT2D eigenvalue weighted by atomic mass is 10.1. The van der Waals surface area contributed by atoms with Crippen molar-refractivity contribution >= 4 is 17.6 Å². The van der Waals surface area contributed by atoms with Crippen molar-refractivity contribution in [2.75, 3.05) is 12.4 Å². The summed E-state index contributed by atoms with van der Waals surface area (Å²) in [4.78, 5) is 27.9. The van der Waals surface area contributed by atoms with Gasteiger partial charge in [-0.1, -0.05) is 12.1 Å². The van der Waals surface area contributed by atoms with Crippen molar-refractivity contribution < 1.29 is 23.1 Å². The van der Waals surface area contributed by atoms with E-state index in [4.69, 9.17) is 4.42 Å². The van der Waals surface area contributed by atoms with Gasteiger partial charge in [0.1, 0.15) is 5.82 Å². The smallest absolute Gasteiger partial charge is 0.337 e. The number of amides is 1. The van der Waals surface area contributed by atoms with Gasteiger partial charge in [0, 0.05) is 18.5 Å². The summed E-state index contributed by atoms with van der Waals surface area (Å²) < 4.78 is 24.0. The molecule has 1 amide bonds. The molecule has 28 heavy (non-hydrogen) atoms. The number of halogens is 1. The van der Waals surface area contributed by atoms with Crippen molar-refractivity contribution in [3.05, 3.63) is 71.5 Å². The van der Waals surface area contributed by atoms with Gasteiger partial charge in [0.15, 0.2) is 11.7 Å². The van der Waals surface area contributed by atoms with Crippen LogP contribution in [0.15, 0.2) is 53.1 Å². The molecule has 0 unspecified atom stereocenters. The van der Waals surface area contributed by atoms with Gasteiger partial charge in [0.25, 0.3) is 0 Å². The molecule has 6 nitrogen and oxygen atoms in total. The highest BCUT2D eigenvalue weighted by atomic mass is 19.1. The number of nitrogens with zero attached hydrogens (tertiary/aromatic N) is 1. The van der Waals surface area contributed by atoms with Crippen LogP contribution in [0.4, 0.5) is 10.1 Å². The molecular weight excluding hydrogens is 363 g/mol. The molecule has 0 aliphatic rings. The van der Waals surface area contributed by atoms with E-state index in [1.165, 1.54) is 19.4 Å². The minimum absolute atomic E-state index is 0.148. The number of esters is 1. The van der Waals surface area contributed by atoms with Gasteiger partial charge in [-0.3, -0.25) is 4.79 Å². The summed E-state index contributed by atoms with van der Waals surface area (Å²) in [6, 6.07) is 11.1. The van der Waals surface area contributed by atoms with Crippen molar-refractivity contribution in [2.45, 2.75) is 19.8 Å². The average Bonchev–Trinajstić information content (AvgIpc) is 3.16. The Hall–Kier alpha value is -3.48. The van der Waals surface area contributed by atoms with Crippen LogP contribution in [-0.4, -0.2) is 24.0 Å². The second-order valence-corrected chi connectivity index (χ2v) is 6.17. The predicted octanol–water partition coefficient (Wildman–Crippen LogP) is 4.15. The lowest BCUT2D eigenvalue weighted by Gasteiger charge is -2.09. The van der Waals surface area contributed by atoms with Gasteiger partial charge in [-0.2, -0.15) is 0 Å². The number of carbonyl (C=O) groups is 2. The molecule has 0 atom stereocenters. The third-order valence-corrected chi connectivity index (χ3v) is 4.18. The van der Waals surface area contributed by atoms with E-state index in [0.29, 0.717) is 28.5 Å². The van der Waals surface area contributed by atoms with Crippen LogP contribution in [0.5, 0.6) is 0 Å². The van der Waals surface area contributed by atoms with E-state index >= 15 is 0 Å². The molecule has 0 fully saturated rings. The van der Waals surface area contributed by atoms with Crippen molar-refractivity contribution in [1.29, 1.82) is 0 Å². The van der Waals surface area contributed by atoms with Gasteiger partial charge in [0.05, 0.1) is 24.4 Å². The van der Waals surface area contributed by atoms with E-state index in [1.54, 1.807) is 43.3 Å². The fraction of sp³-hybridized carbons (Fsp3) is 0.190. The maximum absolute atomic E-state index is 13.8. The molecule has 0 radical (unpaired) electrons. The summed E-state index contributed by atoms with van der Waals surface area (Å²) >= 11 is 0. The molecule has 1 N–H and O–H groups in total. The van der Waals surface area contributed by atoms with Crippen molar-refractivity contribution in [3.63, 3.8) is 0 Å². The molecule has 1 heterocycles. The Labute approximate surface area is 161 Å². The minimum atomic E-state index is -0.435. The van der Waals surface area contributed by atoms with Crippen LogP contribution in [-0.2, 0) is 16.0 Å². The zero-order chi connectivity index (χ0) is 20.1. The minimum Gasteiger partial charge on any atom is -0.465 e. The molecule has 0 spiro atoms. The topological polar surface area (TPSA) is 81.4 Å². The molecule has 0 aliphatic carbocycles. The van der Waals surface area contributed by atoms with Crippen LogP contribution in [0.1, 0.15) is 28.2 Å². The Balaban J connectivity index is 1.59. The lowest BCUT2D eigenvalue weighted by Crippen LogP contribution is -2.13. The molecule has 0 saturated carbocycles. The Morgan fingerprint density at radius 2 is 2.00 bits per heavy atom. The molecule has 2 aromatic carbocycles. The molecule has 144 valence electrons. The number of methoxy groups -OCH3 is 1. The first-order valence-corrected chi connectivity index (χ1v) is 8.66. The number of ether oxygens (including phenoxy) is 1. The highest BCUT2D eigenvalue weighted by molar-refractivity contribution is 5.94. The molecule has 7 heteroatoms. The summed E-state index contributed by atoms with van der Waals surface area (Å²) in [5.41, 5.74) is 2.09. The summed E-state index contributed by atoms with van der Waals surface area (Å²) in [6.45, 7) is 1.79. The van der Waals surface area contributed by atoms with Gasteiger partial charge in [-0.25, -0.2) is 14.2 Å². The van der Waals surface area contributed by atoms with Crippen molar-refractivity contribution in [1.82, 2.24) is 4.98 Å². The summed E-state index contributed by atoms with van der Waals surface area (Å²) in [5.74, 6) is -0.377. The second kappa shape index (κ2) is 8.47. The quantitative estimate of drug-likeness (QED) is 0.648. The van der Waals surface area contributed by atoms with Gasteiger partial charge in [0.2, 0.25) is 5.91 Å². The fourth-order valence-corrected chi connectivity index (χ4v) is 2.69. The largest absolute Gasteiger partial charge is 0.465 e. The zero-order valence-electron chi connectivity index (χ0n) is 15.5. The first kappa shape index (κ1) is 19.3. The number of carbonyl (C=O) groups excluding carboxylic acids is 2. The molecule has 3 rings (SSSR count). The maximum atomic E-state index is 13.8. The number of oxazole rings is 1. The van der Waals surface area contributed by atoms with Crippen LogP contribution >= 0.6 is 0 Å². The van der Waals surface area contributed by atoms with Crippen LogP contribution in [0, 0.1) is 12.7 Å². The maximum Gasteiger partial charge on any atom is 0.337 e. The SMILES string of the molecule is COC(=O)c1ccc(NC(=O)CCc2ncc(-c3ccccc3F)o2)c(C)c1. The standard InChI is InChI=1S/C21H19FN2O4/c1-13-11-14(21(26)27-2)7-8-17(13)24-19(25)9-10-20-23-12-18(28-20)15-5-3-4-6-16(15)22/h3-8,11-12H,9-10H2,1-2H3,(H,24,25). The molecule has 1 aromatic heterocycles. The van der Waals surface area contributed by atoms with E-state index in [1.807, 2.05) is 0 Å². The fourth-order valence-electron chi connectivity index (χ4n) is 2.69. The first-order valence-electron chi connectivity index (χ1n) is 8.66. The third-order valence-electron chi connectivity index (χ3n) is 4.18. The summed E-state index contributed by atoms with van der Waals surface area (Å²) in [6.07, 6.45) is 1.87. The summed E-state index contributed by atoms with van der Waals surface area (Å²) in [5, 5.41) is 2.79. The van der Waals surface area contributed by atoms with E-state index in [-0.39, 0.29) is 18.7 Å².